The lowest BCUT2D eigenvalue weighted by Crippen LogP contribution is -2.08. The highest BCUT2D eigenvalue weighted by atomic mass is 35.5. The summed E-state index contributed by atoms with van der Waals surface area (Å²) in [4.78, 5) is 19.8. The number of halogens is 1. The third-order valence-corrected chi connectivity index (χ3v) is 3.78. The van der Waals surface area contributed by atoms with Gasteiger partial charge in [0.2, 0.25) is 5.88 Å². The van der Waals surface area contributed by atoms with Crippen LogP contribution in [0.5, 0.6) is 5.88 Å². The molecule has 1 unspecified atom stereocenters. The van der Waals surface area contributed by atoms with Crippen LogP contribution in [0.1, 0.15) is 36.4 Å². The van der Waals surface area contributed by atoms with E-state index in [-0.39, 0.29) is 12.1 Å². The summed E-state index contributed by atoms with van der Waals surface area (Å²) in [5.74, 6) is 0.0871. The number of pyridine rings is 2. The van der Waals surface area contributed by atoms with E-state index in [1.54, 1.807) is 12.3 Å². The molecule has 0 aliphatic heterocycles. The van der Waals surface area contributed by atoms with Crippen molar-refractivity contribution in [2.24, 2.45) is 0 Å². The predicted octanol–water partition coefficient (Wildman–Crippen LogP) is 3.26. The molecule has 22 heavy (non-hydrogen) atoms. The van der Waals surface area contributed by atoms with Crippen LogP contribution < -0.4 is 4.74 Å². The second-order valence-corrected chi connectivity index (χ2v) is 5.46. The van der Waals surface area contributed by atoms with Crippen LogP contribution in [-0.4, -0.2) is 15.9 Å². The first kappa shape index (κ1) is 14.8. The number of hydrogen-bond acceptors (Lipinski definition) is 5. The van der Waals surface area contributed by atoms with Crippen LogP contribution in [0.15, 0.2) is 30.5 Å². The Morgan fingerprint density at radius 2 is 2.32 bits per heavy atom. The maximum absolute atomic E-state index is 11.2. The zero-order chi connectivity index (χ0) is 15.5. The molecule has 0 fully saturated rings. The lowest BCUT2D eigenvalue weighted by atomic mass is 10.2. The monoisotopic (exact) mass is 318 g/mol. The van der Waals surface area contributed by atoms with Crippen LogP contribution in [0.4, 0.5) is 0 Å². The van der Waals surface area contributed by atoms with Crippen LogP contribution in [0.3, 0.4) is 0 Å². The van der Waals surface area contributed by atoms with Crippen molar-refractivity contribution in [3.63, 3.8) is 0 Å². The van der Waals surface area contributed by atoms with Gasteiger partial charge < -0.3 is 9.47 Å². The number of fused-ring (bicyclic) bond motifs is 1. The molecule has 0 spiro atoms. The molecule has 0 N–H and O–H groups in total. The fraction of sp³-hybridized carbons (Fsp3) is 0.312. The fourth-order valence-corrected chi connectivity index (χ4v) is 2.77. The van der Waals surface area contributed by atoms with Crippen LogP contribution in [0, 0.1) is 0 Å². The molecule has 114 valence electrons. The molecule has 0 radical (unpaired) electrons. The molecular weight excluding hydrogens is 304 g/mol. The molecule has 0 saturated heterocycles. The predicted molar refractivity (Wildman–Crippen MR) is 80.6 cm³/mol. The second kappa shape index (κ2) is 6.32. The van der Waals surface area contributed by atoms with Crippen molar-refractivity contribution in [2.45, 2.75) is 32.5 Å². The molecule has 0 aromatic carbocycles. The maximum atomic E-state index is 11.2. The van der Waals surface area contributed by atoms with Crippen molar-refractivity contribution in [1.82, 2.24) is 9.97 Å². The summed E-state index contributed by atoms with van der Waals surface area (Å²) in [5, 5.41) is 0.593. The number of rotatable bonds is 4. The normalized spacial score (nSPS) is 16.2. The Hall–Kier alpha value is -2.14. The third kappa shape index (κ3) is 3.20. The van der Waals surface area contributed by atoms with Gasteiger partial charge in [-0.3, -0.25) is 9.78 Å². The van der Waals surface area contributed by atoms with Gasteiger partial charge in [-0.2, -0.15) is 0 Å². The Morgan fingerprint density at radius 3 is 3.05 bits per heavy atom. The van der Waals surface area contributed by atoms with E-state index < -0.39 is 0 Å². The number of carbonyl (C=O) groups excluding carboxylic acids is 1. The number of aromatic nitrogens is 2. The van der Waals surface area contributed by atoms with Crippen LogP contribution in [0.25, 0.3) is 0 Å². The minimum Gasteiger partial charge on any atom is -0.471 e. The van der Waals surface area contributed by atoms with Gasteiger partial charge in [-0.1, -0.05) is 17.7 Å². The molecule has 6 heteroatoms. The second-order valence-electron chi connectivity index (χ2n) is 5.05. The zero-order valence-electron chi connectivity index (χ0n) is 12.1. The minimum absolute atomic E-state index is 0.307. The molecule has 0 amide bonds. The third-order valence-electron chi connectivity index (χ3n) is 3.44. The molecule has 2 heterocycles. The lowest BCUT2D eigenvalue weighted by Gasteiger charge is -2.13. The van der Waals surface area contributed by atoms with Crippen molar-refractivity contribution < 1.29 is 14.3 Å². The largest absolute Gasteiger partial charge is 0.471 e. The summed E-state index contributed by atoms with van der Waals surface area (Å²) in [6.07, 6.45) is 2.81. The Balaban J connectivity index is 1.79. The number of nitrogens with zero attached hydrogens (tertiary/aromatic N) is 2. The fourth-order valence-electron chi connectivity index (χ4n) is 2.48. The molecule has 1 atom stereocenters. The molecule has 5 nitrogen and oxygen atoms in total. The van der Waals surface area contributed by atoms with Gasteiger partial charge in [0.15, 0.2) is 0 Å². The molecule has 0 saturated carbocycles. The summed E-state index contributed by atoms with van der Waals surface area (Å²) in [6.45, 7) is 1.70. The van der Waals surface area contributed by atoms with E-state index >= 15 is 0 Å². The van der Waals surface area contributed by atoms with E-state index in [2.05, 4.69) is 9.97 Å². The van der Waals surface area contributed by atoms with Gasteiger partial charge in [0.25, 0.3) is 0 Å². The van der Waals surface area contributed by atoms with Crippen LogP contribution >= 0.6 is 11.6 Å². The van der Waals surface area contributed by atoms with E-state index in [0.717, 1.165) is 17.7 Å². The first-order valence-electron chi connectivity index (χ1n) is 7.02. The standard InChI is InChI=1S/C16H15ClN2O3/c1-10(20)22-14-6-5-12-13(17)8-15(19-16(12)14)21-9-11-4-2-3-7-18-11/h2-4,7-8,14H,5-6,9H2,1H3. The summed E-state index contributed by atoms with van der Waals surface area (Å²) >= 11 is 6.28. The van der Waals surface area contributed by atoms with E-state index in [1.807, 2.05) is 18.2 Å². The Kier molecular flexibility index (Phi) is 4.24. The van der Waals surface area contributed by atoms with E-state index in [0.29, 0.717) is 29.6 Å². The molecule has 1 aliphatic rings. The quantitative estimate of drug-likeness (QED) is 0.810. The molecule has 0 bridgehead atoms. The molecule has 2 aromatic heterocycles. The van der Waals surface area contributed by atoms with E-state index in [9.17, 15) is 4.79 Å². The summed E-state index contributed by atoms with van der Waals surface area (Å²) < 4.78 is 10.9. The minimum atomic E-state index is -0.344. The Morgan fingerprint density at radius 1 is 1.45 bits per heavy atom. The molecule has 1 aliphatic carbocycles. The topological polar surface area (TPSA) is 61.3 Å². The van der Waals surface area contributed by atoms with Crippen molar-refractivity contribution in [3.8, 4) is 5.88 Å². The Labute approximate surface area is 133 Å². The van der Waals surface area contributed by atoms with Crippen molar-refractivity contribution in [1.29, 1.82) is 0 Å². The highest BCUT2D eigenvalue weighted by molar-refractivity contribution is 6.31. The molecule has 2 aromatic rings. The van der Waals surface area contributed by atoms with Gasteiger partial charge in [-0.25, -0.2) is 4.98 Å². The number of esters is 1. The molecule has 3 rings (SSSR count). The maximum Gasteiger partial charge on any atom is 0.303 e. The molecular formula is C16H15ClN2O3. The first-order chi connectivity index (χ1) is 10.6. The highest BCUT2D eigenvalue weighted by Crippen LogP contribution is 2.38. The van der Waals surface area contributed by atoms with Gasteiger partial charge in [0.05, 0.1) is 16.4 Å². The number of carbonyl (C=O) groups is 1. The van der Waals surface area contributed by atoms with E-state index in [1.165, 1.54) is 6.92 Å². The van der Waals surface area contributed by atoms with Gasteiger partial charge in [0, 0.05) is 19.2 Å². The van der Waals surface area contributed by atoms with Gasteiger partial charge >= 0.3 is 5.97 Å². The number of ether oxygens (including phenoxy) is 2. The summed E-state index contributed by atoms with van der Waals surface area (Å²) in [6, 6.07) is 7.30. The zero-order valence-corrected chi connectivity index (χ0v) is 12.8. The van der Waals surface area contributed by atoms with Gasteiger partial charge in [-0.05, 0) is 30.5 Å². The average molecular weight is 319 g/mol. The first-order valence-corrected chi connectivity index (χ1v) is 7.40. The Bertz CT molecular complexity index is 691. The summed E-state index contributed by atoms with van der Waals surface area (Å²) in [5.41, 5.74) is 2.43. The lowest BCUT2D eigenvalue weighted by molar-refractivity contribution is -0.146. The van der Waals surface area contributed by atoms with Gasteiger partial charge in [0.1, 0.15) is 12.7 Å². The SMILES string of the molecule is CC(=O)OC1CCc2c(Cl)cc(OCc3ccccn3)nc21. The smallest absolute Gasteiger partial charge is 0.303 e. The van der Waals surface area contributed by atoms with E-state index in [4.69, 9.17) is 21.1 Å². The average Bonchev–Trinajstić information content (AvgIpc) is 2.89. The van der Waals surface area contributed by atoms with Crippen molar-refractivity contribution >= 4 is 17.6 Å². The highest BCUT2D eigenvalue weighted by Gasteiger charge is 2.29. The van der Waals surface area contributed by atoms with Gasteiger partial charge in [-0.15, -0.1) is 0 Å². The van der Waals surface area contributed by atoms with Crippen molar-refractivity contribution in [2.75, 3.05) is 0 Å². The van der Waals surface area contributed by atoms with Crippen LogP contribution in [-0.2, 0) is 22.6 Å². The van der Waals surface area contributed by atoms with Crippen molar-refractivity contribution in [3.05, 3.63) is 52.4 Å². The summed E-state index contributed by atoms with van der Waals surface area (Å²) in [7, 11) is 0. The van der Waals surface area contributed by atoms with Crippen LogP contribution in [0.2, 0.25) is 5.02 Å². The number of hydrogen-bond donors (Lipinski definition) is 0.